The molecule has 1 aliphatic heterocycles. The third-order valence-corrected chi connectivity index (χ3v) is 3.56. The summed E-state index contributed by atoms with van der Waals surface area (Å²) in [5.41, 5.74) is 8.77. The molecule has 1 aromatic rings. The standard InChI is InChI=1S/C13H17NO2/c14-13(6-7-13)5-4-10-2-1-3-12-11(10)8-15-9-16-12/h1-3H,4-9,14H2. The van der Waals surface area contributed by atoms with Crippen LogP contribution in [0.5, 0.6) is 5.75 Å². The minimum atomic E-state index is 0.124. The van der Waals surface area contributed by atoms with E-state index in [-0.39, 0.29) is 5.54 Å². The van der Waals surface area contributed by atoms with Crippen molar-refractivity contribution < 1.29 is 9.47 Å². The predicted molar refractivity (Wildman–Crippen MR) is 61.2 cm³/mol. The van der Waals surface area contributed by atoms with Crippen LogP contribution in [0, 0.1) is 0 Å². The SMILES string of the molecule is NC1(CCc2cccc3c2COCO3)CC1. The number of rotatable bonds is 3. The predicted octanol–water partition coefficient (Wildman–Crippen LogP) is 1.98. The van der Waals surface area contributed by atoms with Gasteiger partial charge in [-0.15, -0.1) is 0 Å². The number of benzene rings is 1. The van der Waals surface area contributed by atoms with E-state index >= 15 is 0 Å². The van der Waals surface area contributed by atoms with E-state index in [0.29, 0.717) is 13.4 Å². The molecule has 0 atom stereocenters. The van der Waals surface area contributed by atoms with Gasteiger partial charge in [0.05, 0.1) is 6.61 Å². The van der Waals surface area contributed by atoms with E-state index in [1.807, 2.05) is 6.07 Å². The lowest BCUT2D eigenvalue weighted by atomic mass is 9.99. The van der Waals surface area contributed by atoms with E-state index in [1.165, 1.54) is 24.0 Å². The molecule has 1 saturated carbocycles. The molecule has 2 aliphatic rings. The van der Waals surface area contributed by atoms with Crippen LogP contribution in [0.15, 0.2) is 18.2 Å². The first kappa shape index (κ1) is 10.1. The first-order chi connectivity index (χ1) is 7.77. The van der Waals surface area contributed by atoms with Gasteiger partial charge in [-0.25, -0.2) is 0 Å². The van der Waals surface area contributed by atoms with Crippen molar-refractivity contribution >= 4 is 0 Å². The van der Waals surface area contributed by atoms with Crippen molar-refractivity contribution in [2.45, 2.75) is 37.8 Å². The van der Waals surface area contributed by atoms with Crippen molar-refractivity contribution in [1.29, 1.82) is 0 Å². The minimum absolute atomic E-state index is 0.124. The molecule has 86 valence electrons. The number of ether oxygens (including phenoxy) is 2. The van der Waals surface area contributed by atoms with E-state index in [2.05, 4.69) is 12.1 Å². The van der Waals surface area contributed by atoms with Gasteiger partial charge in [-0.05, 0) is 37.3 Å². The monoisotopic (exact) mass is 219 g/mol. The smallest absolute Gasteiger partial charge is 0.189 e. The van der Waals surface area contributed by atoms with Crippen molar-refractivity contribution in [3.05, 3.63) is 29.3 Å². The second-order valence-corrected chi connectivity index (χ2v) is 4.87. The normalized spacial score (nSPS) is 21.1. The summed E-state index contributed by atoms with van der Waals surface area (Å²) in [5.74, 6) is 0.977. The summed E-state index contributed by atoms with van der Waals surface area (Å²) in [6.45, 7) is 1.04. The Morgan fingerprint density at radius 3 is 3.00 bits per heavy atom. The van der Waals surface area contributed by atoms with E-state index in [4.69, 9.17) is 15.2 Å². The van der Waals surface area contributed by atoms with Gasteiger partial charge < -0.3 is 15.2 Å². The van der Waals surface area contributed by atoms with Gasteiger partial charge in [-0.1, -0.05) is 12.1 Å². The Labute approximate surface area is 95.5 Å². The largest absolute Gasteiger partial charge is 0.467 e. The van der Waals surface area contributed by atoms with Crippen LogP contribution in [-0.2, 0) is 17.8 Å². The Morgan fingerprint density at radius 1 is 1.31 bits per heavy atom. The topological polar surface area (TPSA) is 44.5 Å². The summed E-state index contributed by atoms with van der Waals surface area (Å²) in [6, 6.07) is 6.22. The summed E-state index contributed by atoms with van der Waals surface area (Å²) in [4.78, 5) is 0. The first-order valence-electron chi connectivity index (χ1n) is 5.87. The Hall–Kier alpha value is -1.06. The second kappa shape index (κ2) is 3.75. The maximum atomic E-state index is 6.11. The molecule has 1 heterocycles. The number of nitrogens with two attached hydrogens (primary N) is 1. The Balaban J connectivity index is 1.78. The van der Waals surface area contributed by atoms with Gasteiger partial charge in [0.1, 0.15) is 5.75 Å². The van der Waals surface area contributed by atoms with Gasteiger partial charge >= 0.3 is 0 Å². The third-order valence-electron chi connectivity index (χ3n) is 3.56. The highest BCUT2D eigenvalue weighted by atomic mass is 16.7. The van der Waals surface area contributed by atoms with Gasteiger partial charge in [0.15, 0.2) is 6.79 Å². The van der Waals surface area contributed by atoms with Crippen LogP contribution in [0.3, 0.4) is 0 Å². The molecule has 3 nitrogen and oxygen atoms in total. The fourth-order valence-corrected chi connectivity index (χ4v) is 2.19. The second-order valence-electron chi connectivity index (χ2n) is 4.87. The van der Waals surface area contributed by atoms with E-state index in [0.717, 1.165) is 18.6 Å². The first-order valence-corrected chi connectivity index (χ1v) is 5.87. The zero-order valence-corrected chi connectivity index (χ0v) is 9.37. The van der Waals surface area contributed by atoms with Crippen LogP contribution >= 0.6 is 0 Å². The lowest BCUT2D eigenvalue weighted by molar-refractivity contribution is -0.0168. The molecule has 3 rings (SSSR count). The van der Waals surface area contributed by atoms with Gasteiger partial charge in [-0.3, -0.25) is 0 Å². The van der Waals surface area contributed by atoms with Crippen molar-refractivity contribution in [3.63, 3.8) is 0 Å². The third kappa shape index (κ3) is 1.93. The molecule has 0 spiro atoms. The lowest BCUT2D eigenvalue weighted by Crippen LogP contribution is -2.22. The van der Waals surface area contributed by atoms with Gasteiger partial charge in [0, 0.05) is 11.1 Å². The number of fused-ring (bicyclic) bond motifs is 1. The molecule has 0 bridgehead atoms. The Kier molecular flexibility index (Phi) is 2.37. The molecular formula is C13H17NO2. The van der Waals surface area contributed by atoms with E-state index in [1.54, 1.807) is 0 Å². The summed E-state index contributed by atoms with van der Waals surface area (Å²) < 4.78 is 10.8. The van der Waals surface area contributed by atoms with Crippen LogP contribution in [-0.4, -0.2) is 12.3 Å². The van der Waals surface area contributed by atoms with Crippen LogP contribution in [0.25, 0.3) is 0 Å². The molecule has 1 aliphatic carbocycles. The van der Waals surface area contributed by atoms with Crippen LogP contribution in [0.4, 0.5) is 0 Å². The minimum Gasteiger partial charge on any atom is -0.467 e. The van der Waals surface area contributed by atoms with Crippen molar-refractivity contribution in [2.75, 3.05) is 6.79 Å². The quantitative estimate of drug-likeness (QED) is 0.845. The summed E-state index contributed by atoms with van der Waals surface area (Å²) in [6.07, 6.45) is 4.46. The van der Waals surface area contributed by atoms with Crippen LogP contribution < -0.4 is 10.5 Å². The zero-order valence-electron chi connectivity index (χ0n) is 9.37. The highest BCUT2D eigenvalue weighted by molar-refractivity contribution is 5.40. The number of aryl methyl sites for hydroxylation is 1. The highest BCUT2D eigenvalue weighted by Crippen LogP contribution is 2.37. The maximum absolute atomic E-state index is 6.11. The summed E-state index contributed by atoms with van der Waals surface area (Å²) in [5, 5.41) is 0. The van der Waals surface area contributed by atoms with Gasteiger partial charge in [-0.2, -0.15) is 0 Å². The molecule has 1 aromatic carbocycles. The zero-order chi connectivity index (χ0) is 11.0. The molecule has 0 unspecified atom stereocenters. The molecule has 1 fully saturated rings. The lowest BCUT2D eigenvalue weighted by Gasteiger charge is -2.21. The molecule has 0 radical (unpaired) electrons. The van der Waals surface area contributed by atoms with Crippen LogP contribution in [0.1, 0.15) is 30.4 Å². The van der Waals surface area contributed by atoms with Crippen LogP contribution in [0.2, 0.25) is 0 Å². The van der Waals surface area contributed by atoms with E-state index < -0.39 is 0 Å². The highest BCUT2D eigenvalue weighted by Gasteiger charge is 2.37. The summed E-state index contributed by atoms with van der Waals surface area (Å²) >= 11 is 0. The molecule has 0 saturated heterocycles. The van der Waals surface area contributed by atoms with Gasteiger partial charge in [0.2, 0.25) is 0 Å². The fraction of sp³-hybridized carbons (Fsp3) is 0.538. The summed E-state index contributed by atoms with van der Waals surface area (Å²) in [7, 11) is 0. The fourth-order valence-electron chi connectivity index (χ4n) is 2.19. The molecular weight excluding hydrogens is 202 g/mol. The molecule has 0 amide bonds. The average Bonchev–Trinajstić information content (AvgIpc) is 3.05. The Bertz CT molecular complexity index is 399. The van der Waals surface area contributed by atoms with Crippen molar-refractivity contribution in [1.82, 2.24) is 0 Å². The molecule has 16 heavy (non-hydrogen) atoms. The molecule has 0 aromatic heterocycles. The average molecular weight is 219 g/mol. The maximum Gasteiger partial charge on any atom is 0.189 e. The molecule has 3 heteroatoms. The Morgan fingerprint density at radius 2 is 2.19 bits per heavy atom. The molecule has 2 N–H and O–H groups in total. The number of hydrogen-bond donors (Lipinski definition) is 1. The number of hydrogen-bond acceptors (Lipinski definition) is 3. The van der Waals surface area contributed by atoms with Gasteiger partial charge in [0.25, 0.3) is 0 Å². The van der Waals surface area contributed by atoms with Crippen molar-refractivity contribution in [3.8, 4) is 5.75 Å². The van der Waals surface area contributed by atoms with E-state index in [9.17, 15) is 0 Å². The van der Waals surface area contributed by atoms with Crippen molar-refractivity contribution in [2.24, 2.45) is 5.73 Å².